The first-order chi connectivity index (χ1) is 9.34. The molecule has 0 aromatic heterocycles. The first-order valence-electron chi connectivity index (χ1n) is 6.62. The second-order valence-corrected chi connectivity index (χ2v) is 7.40. The van der Waals surface area contributed by atoms with Crippen LogP contribution in [-0.2, 0) is 21.2 Å². The van der Waals surface area contributed by atoms with Crippen LogP contribution in [-0.4, -0.2) is 25.8 Å². The van der Waals surface area contributed by atoms with Gasteiger partial charge in [0.2, 0.25) is 5.91 Å². The molecule has 5 nitrogen and oxygen atoms in total. The van der Waals surface area contributed by atoms with Crippen molar-refractivity contribution in [2.75, 3.05) is 16.8 Å². The van der Waals surface area contributed by atoms with Crippen LogP contribution < -0.4 is 11.1 Å². The number of carbonyl (C=O) groups excluding carboxylic acids is 1. The molecule has 0 heterocycles. The maximum Gasteiger partial charge on any atom is 0.225 e. The molecule has 6 heteroatoms. The SMILES string of the molecule is CC(C)CS(=O)(=O)CCC(=O)Nc1ccccc1CN. The maximum atomic E-state index is 11.8. The van der Waals surface area contributed by atoms with E-state index < -0.39 is 9.84 Å². The average Bonchev–Trinajstić information content (AvgIpc) is 2.36. The monoisotopic (exact) mass is 298 g/mol. The highest BCUT2D eigenvalue weighted by atomic mass is 32.2. The Bertz CT molecular complexity index is 553. The Hall–Kier alpha value is -1.40. The minimum atomic E-state index is -3.17. The lowest BCUT2D eigenvalue weighted by Crippen LogP contribution is -2.21. The van der Waals surface area contributed by atoms with E-state index in [1.807, 2.05) is 26.0 Å². The topological polar surface area (TPSA) is 89.3 Å². The fourth-order valence-corrected chi connectivity index (χ4v) is 3.55. The quantitative estimate of drug-likeness (QED) is 0.799. The number of nitrogens with two attached hydrogens (primary N) is 1. The number of benzene rings is 1. The van der Waals surface area contributed by atoms with Gasteiger partial charge in [-0.25, -0.2) is 8.42 Å². The van der Waals surface area contributed by atoms with Gasteiger partial charge < -0.3 is 11.1 Å². The van der Waals surface area contributed by atoms with Gasteiger partial charge in [0.25, 0.3) is 0 Å². The van der Waals surface area contributed by atoms with Gasteiger partial charge in [0.15, 0.2) is 9.84 Å². The molecule has 0 unspecified atom stereocenters. The number of amides is 1. The summed E-state index contributed by atoms with van der Waals surface area (Å²) in [6.45, 7) is 4.01. The van der Waals surface area contributed by atoms with Crippen LogP contribution in [0, 0.1) is 5.92 Å². The van der Waals surface area contributed by atoms with Crippen molar-refractivity contribution >= 4 is 21.4 Å². The molecular formula is C14H22N2O3S. The highest BCUT2D eigenvalue weighted by Gasteiger charge is 2.15. The number of hydrogen-bond acceptors (Lipinski definition) is 4. The second kappa shape index (κ2) is 7.40. The number of hydrogen-bond donors (Lipinski definition) is 2. The third-order valence-corrected chi connectivity index (χ3v) is 4.74. The van der Waals surface area contributed by atoms with E-state index in [9.17, 15) is 13.2 Å². The van der Waals surface area contributed by atoms with Gasteiger partial charge in [-0.2, -0.15) is 0 Å². The predicted octanol–water partition coefficient (Wildman–Crippen LogP) is 1.54. The van der Waals surface area contributed by atoms with Gasteiger partial charge in [0.05, 0.1) is 11.5 Å². The second-order valence-electron chi connectivity index (χ2n) is 5.17. The average molecular weight is 298 g/mol. The lowest BCUT2D eigenvalue weighted by molar-refractivity contribution is -0.115. The molecule has 0 fully saturated rings. The van der Waals surface area contributed by atoms with Gasteiger partial charge in [0.1, 0.15) is 0 Å². The summed E-state index contributed by atoms with van der Waals surface area (Å²) in [5, 5.41) is 2.70. The van der Waals surface area contributed by atoms with Crippen molar-refractivity contribution in [1.29, 1.82) is 0 Å². The van der Waals surface area contributed by atoms with Gasteiger partial charge in [-0.3, -0.25) is 4.79 Å². The summed E-state index contributed by atoms with van der Waals surface area (Å²) in [5.74, 6) is -0.249. The van der Waals surface area contributed by atoms with Crippen LogP contribution in [0.25, 0.3) is 0 Å². The van der Waals surface area contributed by atoms with Crippen LogP contribution in [0.15, 0.2) is 24.3 Å². The van der Waals surface area contributed by atoms with Crippen molar-refractivity contribution in [3.8, 4) is 0 Å². The molecule has 0 radical (unpaired) electrons. The van der Waals surface area contributed by atoms with Crippen LogP contribution in [0.2, 0.25) is 0 Å². The van der Waals surface area contributed by atoms with E-state index in [0.717, 1.165) is 5.56 Å². The Morgan fingerprint density at radius 2 is 1.95 bits per heavy atom. The molecule has 0 bridgehead atoms. The van der Waals surface area contributed by atoms with Crippen LogP contribution >= 0.6 is 0 Å². The zero-order valence-electron chi connectivity index (χ0n) is 11.9. The number of nitrogens with one attached hydrogen (secondary N) is 1. The fourth-order valence-electron chi connectivity index (χ4n) is 1.87. The number of sulfone groups is 1. The van der Waals surface area contributed by atoms with E-state index in [1.54, 1.807) is 12.1 Å². The summed E-state index contributed by atoms with van der Waals surface area (Å²) in [6, 6.07) is 7.21. The van der Waals surface area contributed by atoms with Crippen LogP contribution in [0.1, 0.15) is 25.8 Å². The smallest absolute Gasteiger partial charge is 0.225 e. The molecule has 0 atom stereocenters. The Labute approximate surface area is 120 Å². The van der Waals surface area contributed by atoms with Crippen LogP contribution in [0.5, 0.6) is 0 Å². The molecule has 1 aromatic rings. The zero-order valence-corrected chi connectivity index (χ0v) is 12.7. The predicted molar refractivity (Wildman–Crippen MR) is 81.1 cm³/mol. The molecular weight excluding hydrogens is 276 g/mol. The van der Waals surface area contributed by atoms with Gasteiger partial charge in [-0.05, 0) is 17.5 Å². The summed E-state index contributed by atoms with van der Waals surface area (Å²) < 4.78 is 23.4. The standard InChI is InChI=1S/C14H22N2O3S/c1-11(2)10-20(18,19)8-7-14(17)16-13-6-4-3-5-12(13)9-15/h3-6,11H,7-10,15H2,1-2H3,(H,16,17). The molecule has 112 valence electrons. The summed E-state index contributed by atoms with van der Waals surface area (Å²) in [4.78, 5) is 11.8. The summed E-state index contributed by atoms with van der Waals surface area (Å²) in [7, 11) is -3.17. The van der Waals surface area contributed by atoms with Crippen molar-refractivity contribution in [3.63, 3.8) is 0 Å². The summed E-state index contributed by atoms with van der Waals surface area (Å²) >= 11 is 0. The number of rotatable bonds is 7. The number of para-hydroxylation sites is 1. The van der Waals surface area contributed by atoms with E-state index >= 15 is 0 Å². The van der Waals surface area contributed by atoms with Crippen molar-refractivity contribution in [1.82, 2.24) is 0 Å². The van der Waals surface area contributed by atoms with E-state index in [1.165, 1.54) is 0 Å². The molecule has 1 rings (SSSR count). The summed E-state index contributed by atoms with van der Waals surface area (Å²) in [5.41, 5.74) is 7.04. The van der Waals surface area contributed by atoms with Gasteiger partial charge >= 0.3 is 0 Å². The van der Waals surface area contributed by atoms with Crippen molar-refractivity contribution in [3.05, 3.63) is 29.8 Å². The third-order valence-electron chi connectivity index (χ3n) is 2.74. The highest BCUT2D eigenvalue weighted by molar-refractivity contribution is 7.91. The molecule has 1 aromatic carbocycles. The Balaban J connectivity index is 2.56. The van der Waals surface area contributed by atoms with E-state index in [4.69, 9.17) is 5.73 Å². The van der Waals surface area contributed by atoms with Gasteiger partial charge in [0, 0.05) is 18.7 Å². The van der Waals surface area contributed by atoms with Gasteiger partial charge in [-0.15, -0.1) is 0 Å². The van der Waals surface area contributed by atoms with Crippen LogP contribution in [0.3, 0.4) is 0 Å². The fraction of sp³-hybridized carbons (Fsp3) is 0.500. The Morgan fingerprint density at radius 3 is 2.55 bits per heavy atom. The normalized spacial score (nSPS) is 11.6. The number of carbonyl (C=O) groups is 1. The van der Waals surface area contributed by atoms with E-state index in [0.29, 0.717) is 12.2 Å². The number of anilines is 1. The largest absolute Gasteiger partial charge is 0.326 e. The van der Waals surface area contributed by atoms with Crippen molar-refractivity contribution in [2.24, 2.45) is 11.7 Å². The minimum absolute atomic E-state index is 0.0338. The van der Waals surface area contributed by atoms with Crippen molar-refractivity contribution in [2.45, 2.75) is 26.8 Å². The summed E-state index contributed by atoms with van der Waals surface area (Å²) in [6.07, 6.45) is -0.0338. The molecule has 0 aliphatic heterocycles. The highest BCUT2D eigenvalue weighted by Crippen LogP contribution is 2.14. The maximum absolute atomic E-state index is 11.8. The minimum Gasteiger partial charge on any atom is -0.326 e. The van der Waals surface area contributed by atoms with Gasteiger partial charge in [-0.1, -0.05) is 32.0 Å². The lowest BCUT2D eigenvalue weighted by Gasteiger charge is -2.10. The first-order valence-corrected chi connectivity index (χ1v) is 8.44. The first kappa shape index (κ1) is 16.7. The lowest BCUT2D eigenvalue weighted by atomic mass is 10.2. The molecule has 0 saturated carbocycles. The Kier molecular flexibility index (Phi) is 6.16. The van der Waals surface area contributed by atoms with E-state index in [-0.39, 0.29) is 29.8 Å². The third kappa shape index (κ3) is 5.71. The van der Waals surface area contributed by atoms with E-state index in [2.05, 4.69) is 5.32 Å². The molecule has 0 aliphatic carbocycles. The molecule has 0 spiro atoms. The molecule has 0 saturated heterocycles. The Morgan fingerprint density at radius 1 is 1.30 bits per heavy atom. The van der Waals surface area contributed by atoms with Crippen molar-refractivity contribution < 1.29 is 13.2 Å². The van der Waals surface area contributed by atoms with Crippen LogP contribution in [0.4, 0.5) is 5.69 Å². The zero-order chi connectivity index (χ0) is 15.2. The molecule has 3 N–H and O–H groups in total. The molecule has 0 aliphatic rings. The molecule has 20 heavy (non-hydrogen) atoms. The molecule has 1 amide bonds.